The second-order valence-corrected chi connectivity index (χ2v) is 6.30. The first-order chi connectivity index (χ1) is 11.2. The number of benzene rings is 2. The Balaban J connectivity index is 1.70. The molecule has 2 aromatic carbocycles. The van der Waals surface area contributed by atoms with E-state index in [1.165, 1.54) is 11.1 Å². The molecule has 1 saturated heterocycles. The van der Waals surface area contributed by atoms with E-state index < -0.39 is 6.23 Å². The molecule has 23 heavy (non-hydrogen) atoms. The lowest BCUT2D eigenvalue weighted by Crippen LogP contribution is -2.35. The largest absolute Gasteiger partial charge is 0.496 e. The fourth-order valence-electron chi connectivity index (χ4n) is 3.57. The molecule has 0 radical (unpaired) electrons. The minimum absolute atomic E-state index is 0.230. The molecule has 1 aliphatic heterocycles. The van der Waals surface area contributed by atoms with E-state index in [1.807, 2.05) is 24.3 Å². The summed E-state index contributed by atoms with van der Waals surface area (Å²) in [7, 11) is 1.70. The predicted octanol–water partition coefficient (Wildman–Crippen LogP) is 3.64. The third-order valence-corrected chi connectivity index (χ3v) is 4.97. The lowest BCUT2D eigenvalue weighted by molar-refractivity contribution is -0.0143. The number of likely N-dealkylation sites (tertiary alicyclic amines) is 1. The zero-order valence-corrected chi connectivity index (χ0v) is 13.9. The molecule has 2 unspecified atom stereocenters. The molecule has 0 spiro atoms. The van der Waals surface area contributed by atoms with E-state index >= 15 is 0 Å². The molecule has 0 aromatic heterocycles. The summed E-state index contributed by atoms with van der Waals surface area (Å²) in [6, 6.07) is 18.7. The van der Waals surface area contributed by atoms with Gasteiger partial charge in [-0.05, 0) is 37.0 Å². The number of nitrogens with zero attached hydrogens (tertiary/aromatic N) is 1. The smallest absolute Gasteiger partial charge is 0.122 e. The molecule has 0 amide bonds. The van der Waals surface area contributed by atoms with Crippen LogP contribution in [0.3, 0.4) is 0 Å². The van der Waals surface area contributed by atoms with Crippen molar-refractivity contribution in [1.82, 2.24) is 4.90 Å². The lowest BCUT2D eigenvalue weighted by atomic mass is 9.96. The van der Waals surface area contributed by atoms with Crippen molar-refractivity contribution < 1.29 is 9.84 Å². The Morgan fingerprint density at radius 1 is 1.13 bits per heavy atom. The first-order valence-corrected chi connectivity index (χ1v) is 8.31. The van der Waals surface area contributed by atoms with Crippen LogP contribution in [0, 0.1) is 5.92 Å². The molecule has 0 aliphatic carbocycles. The van der Waals surface area contributed by atoms with Gasteiger partial charge in [0.25, 0.3) is 0 Å². The molecule has 1 N–H and O–H groups in total. The van der Waals surface area contributed by atoms with Gasteiger partial charge in [0.15, 0.2) is 0 Å². The van der Waals surface area contributed by atoms with Gasteiger partial charge in [0, 0.05) is 18.5 Å². The van der Waals surface area contributed by atoms with Crippen LogP contribution in [0.25, 0.3) is 0 Å². The third-order valence-electron chi connectivity index (χ3n) is 4.97. The predicted molar refractivity (Wildman–Crippen MR) is 92.4 cm³/mol. The molecule has 3 atom stereocenters. The second kappa shape index (κ2) is 7.16. The summed E-state index contributed by atoms with van der Waals surface area (Å²) in [5.74, 6) is 1.16. The van der Waals surface area contributed by atoms with Crippen LogP contribution in [0.4, 0.5) is 0 Å². The summed E-state index contributed by atoms with van der Waals surface area (Å²) in [6.07, 6.45) is 1.45. The zero-order valence-electron chi connectivity index (χ0n) is 13.9. The number of hydrogen-bond acceptors (Lipinski definition) is 3. The minimum Gasteiger partial charge on any atom is -0.496 e. The molecule has 1 fully saturated rings. The molecule has 122 valence electrons. The van der Waals surface area contributed by atoms with Crippen molar-refractivity contribution in [2.24, 2.45) is 5.92 Å². The van der Waals surface area contributed by atoms with E-state index in [-0.39, 0.29) is 12.0 Å². The first-order valence-electron chi connectivity index (χ1n) is 8.31. The molecule has 1 heterocycles. The van der Waals surface area contributed by atoms with Gasteiger partial charge in [-0.25, -0.2) is 0 Å². The van der Waals surface area contributed by atoms with Gasteiger partial charge in [-0.3, -0.25) is 4.90 Å². The Morgan fingerprint density at radius 2 is 1.83 bits per heavy atom. The highest BCUT2D eigenvalue weighted by molar-refractivity contribution is 5.33. The normalized spacial score (nSPS) is 22.9. The monoisotopic (exact) mass is 311 g/mol. The quantitative estimate of drug-likeness (QED) is 0.915. The molecule has 1 aliphatic rings. The van der Waals surface area contributed by atoms with Crippen molar-refractivity contribution >= 4 is 0 Å². The van der Waals surface area contributed by atoms with Crippen molar-refractivity contribution in [2.75, 3.05) is 13.7 Å². The van der Waals surface area contributed by atoms with Crippen LogP contribution in [0.2, 0.25) is 0 Å². The molecule has 2 aromatic rings. The molecule has 3 nitrogen and oxygen atoms in total. The fraction of sp³-hybridized carbons (Fsp3) is 0.400. The lowest BCUT2D eigenvalue weighted by Gasteiger charge is -2.29. The Labute approximate surface area is 138 Å². The van der Waals surface area contributed by atoms with Gasteiger partial charge >= 0.3 is 0 Å². The van der Waals surface area contributed by atoms with E-state index in [4.69, 9.17) is 4.74 Å². The first kappa shape index (κ1) is 16.0. The van der Waals surface area contributed by atoms with Crippen molar-refractivity contribution in [3.63, 3.8) is 0 Å². The Kier molecular flexibility index (Phi) is 4.99. The number of aliphatic hydroxyl groups is 1. The van der Waals surface area contributed by atoms with Gasteiger partial charge in [0.1, 0.15) is 12.0 Å². The van der Waals surface area contributed by atoms with Gasteiger partial charge in [-0.1, -0.05) is 48.5 Å². The molecule has 3 heteroatoms. The number of para-hydroxylation sites is 1. The van der Waals surface area contributed by atoms with E-state index in [9.17, 15) is 5.11 Å². The summed E-state index contributed by atoms with van der Waals surface area (Å²) in [4.78, 5) is 2.20. The number of rotatable bonds is 5. The van der Waals surface area contributed by atoms with E-state index in [2.05, 4.69) is 42.2 Å². The summed E-state index contributed by atoms with van der Waals surface area (Å²) < 4.78 is 5.44. The van der Waals surface area contributed by atoms with Gasteiger partial charge in [-0.15, -0.1) is 0 Å². The zero-order chi connectivity index (χ0) is 16.2. The van der Waals surface area contributed by atoms with Crippen LogP contribution < -0.4 is 4.74 Å². The Bertz CT molecular complexity index is 629. The van der Waals surface area contributed by atoms with Crippen LogP contribution in [-0.4, -0.2) is 29.9 Å². The maximum atomic E-state index is 10.8. The maximum absolute atomic E-state index is 10.8. The Morgan fingerprint density at radius 3 is 2.57 bits per heavy atom. The van der Waals surface area contributed by atoms with Crippen molar-refractivity contribution in [1.29, 1.82) is 0 Å². The van der Waals surface area contributed by atoms with Gasteiger partial charge in [-0.2, -0.15) is 0 Å². The van der Waals surface area contributed by atoms with Gasteiger partial charge < -0.3 is 9.84 Å². The SMILES string of the molecule is COc1ccccc1CC1CCN([C@H](C)c2ccccc2)C1O. The molecular weight excluding hydrogens is 286 g/mol. The molecule has 0 bridgehead atoms. The summed E-state index contributed by atoms with van der Waals surface area (Å²) in [5.41, 5.74) is 2.43. The topological polar surface area (TPSA) is 32.7 Å². The summed E-state index contributed by atoms with van der Waals surface area (Å²) in [6.45, 7) is 3.10. The maximum Gasteiger partial charge on any atom is 0.122 e. The van der Waals surface area contributed by atoms with Crippen molar-refractivity contribution in [3.8, 4) is 5.75 Å². The average molecular weight is 311 g/mol. The number of aliphatic hydroxyl groups excluding tert-OH is 1. The van der Waals surface area contributed by atoms with Gasteiger partial charge in [0.2, 0.25) is 0 Å². The minimum atomic E-state index is -0.407. The van der Waals surface area contributed by atoms with E-state index in [1.54, 1.807) is 7.11 Å². The number of ether oxygens (including phenoxy) is 1. The Hall–Kier alpha value is -1.84. The fourth-order valence-corrected chi connectivity index (χ4v) is 3.57. The van der Waals surface area contributed by atoms with Crippen LogP contribution in [0.5, 0.6) is 5.75 Å². The molecular formula is C20H25NO2. The number of methoxy groups -OCH3 is 1. The molecule has 0 saturated carbocycles. The van der Waals surface area contributed by atoms with E-state index in [0.29, 0.717) is 0 Å². The summed E-state index contributed by atoms with van der Waals surface area (Å²) >= 11 is 0. The highest BCUT2D eigenvalue weighted by Gasteiger charge is 2.35. The standard InChI is InChI=1S/C20H25NO2/c1-15(16-8-4-3-5-9-16)21-13-12-18(20(21)22)14-17-10-6-7-11-19(17)23-2/h3-11,15,18,20,22H,12-14H2,1-2H3/t15-,18?,20?/m1/s1. The second-order valence-electron chi connectivity index (χ2n) is 6.30. The van der Waals surface area contributed by atoms with Gasteiger partial charge in [0.05, 0.1) is 7.11 Å². The number of hydrogen-bond donors (Lipinski definition) is 1. The molecule has 3 rings (SSSR count). The highest BCUT2D eigenvalue weighted by Crippen LogP contribution is 2.34. The average Bonchev–Trinajstić information content (AvgIpc) is 2.96. The van der Waals surface area contributed by atoms with E-state index in [0.717, 1.165) is 25.1 Å². The van der Waals surface area contributed by atoms with Crippen LogP contribution in [0.15, 0.2) is 54.6 Å². The van der Waals surface area contributed by atoms with Crippen LogP contribution >= 0.6 is 0 Å². The van der Waals surface area contributed by atoms with Crippen molar-refractivity contribution in [3.05, 3.63) is 65.7 Å². The van der Waals surface area contributed by atoms with Crippen LogP contribution in [0.1, 0.15) is 30.5 Å². The van der Waals surface area contributed by atoms with Crippen LogP contribution in [-0.2, 0) is 6.42 Å². The third kappa shape index (κ3) is 3.41. The van der Waals surface area contributed by atoms with Crippen molar-refractivity contribution in [2.45, 2.75) is 32.0 Å². The highest BCUT2D eigenvalue weighted by atomic mass is 16.5. The summed E-state index contributed by atoms with van der Waals surface area (Å²) in [5, 5.41) is 10.8.